The molecule has 0 aromatic heterocycles. The van der Waals surface area contributed by atoms with Gasteiger partial charge < -0.3 is 5.32 Å². The van der Waals surface area contributed by atoms with Crippen LogP contribution in [0.3, 0.4) is 0 Å². The van der Waals surface area contributed by atoms with E-state index in [4.69, 9.17) is 0 Å². The predicted octanol–water partition coefficient (Wildman–Crippen LogP) is 2.38. The molecular formula is C15H24N2O2S. The predicted molar refractivity (Wildman–Crippen MR) is 82.9 cm³/mol. The molecule has 1 aliphatic rings. The van der Waals surface area contributed by atoms with Gasteiger partial charge in [0, 0.05) is 24.5 Å². The minimum atomic E-state index is -3.10. The van der Waals surface area contributed by atoms with Crippen LogP contribution >= 0.6 is 0 Å². The second kappa shape index (κ2) is 6.59. The van der Waals surface area contributed by atoms with Crippen molar-refractivity contribution < 1.29 is 8.42 Å². The molecule has 1 saturated heterocycles. The third kappa shape index (κ3) is 4.21. The van der Waals surface area contributed by atoms with Crippen LogP contribution in [0.1, 0.15) is 26.2 Å². The van der Waals surface area contributed by atoms with Crippen LogP contribution in [0.2, 0.25) is 0 Å². The maximum absolute atomic E-state index is 11.4. The number of hydrogen-bond acceptors (Lipinski definition) is 4. The SMILES string of the molecule is CC(CNc1ccc(S(C)(=O)=O)cc1)N1CCCCC1. The first-order valence-corrected chi connectivity index (χ1v) is 9.14. The van der Waals surface area contributed by atoms with Gasteiger partial charge in [0.05, 0.1) is 4.90 Å². The van der Waals surface area contributed by atoms with Gasteiger partial charge in [-0.3, -0.25) is 4.90 Å². The van der Waals surface area contributed by atoms with Crippen molar-refractivity contribution in [1.29, 1.82) is 0 Å². The lowest BCUT2D eigenvalue weighted by atomic mass is 10.1. The van der Waals surface area contributed by atoms with Crippen molar-refractivity contribution in [2.24, 2.45) is 0 Å². The third-order valence-corrected chi connectivity index (χ3v) is 5.03. The van der Waals surface area contributed by atoms with E-state index < -0.39 is 9.84 Å². The highest BCUT2D eigenvalue weighted by atomic mass is 32.2. The van der Waals surface area contributed by atoms with E-state index in [1.54, 1.807) is 12.1 Å². The molecule has 0 radical (unpaired) electrons. The van der Waals surface area contributed by atoms with Crippen LogP contribution in [-0.2, 0) is 9.84 Å². The van der Waals surface area contributed by atoms with Crippen molar-refractivity contribution in [1.82, 2.24) is 4.90 Å². The van der Waals surface area contributed by atoms with Gasteiger partial charge in [0.15, 0.2) is 9.84 Å². The van der Waals surface area contributed by atoms with Crippen LogP contribution in [0.5, 0.6) is 0 Å². The Labute approximate surface area is 122 Å². The molecule has 0 amide bonds. The number of piperidine rings is 1. The Kier molecular flexibility index (Phi) is 5.05. The maximum Gasteiger partial charge on any atom is 0.175 e. The lowest BCUT2D eigenvalue weighted by Gasteiger charge is -2.32. The second-order valence-corrected chi connectivity index (χ2v) is 7.64. The molecule has 112 valence electrons. The first-order valence-electron chi connectivity index (χ1n) is 7.25. The van der Waals surface area contributed by atoms with Crippen molar-refractivity contribution in [2.75, 3.05) is 31.2 Å². The Bertz CT molecular complexity index is 519. The molecule has 1 aliphatic heterocycles. The number of nitrogens with one attached hydrogen (secondary N) is 1. The van der Waals surface area contributed by atoms with Crippen molar-refractivity contribution >= 4 is 15.5 Å². The minimum absolute atomic E-state index is 0.368. The van der Waals surface area contributed by atoms with Gasteiger partial charge in [0.25, 0.3) is 0 Å². The topological polar surface area (TPSA) is 49.4 Å². The van der Waals surface area contributed by atoms with E-state index in [1.807, 2.05) is 12.1 Å². The van der Waals surface area contributed by atoms with Gasteiger partial charge in [-0.15, -0.1) is 0 Å². The second-order valence-electron chi connectivity index (χ2n) is 5.62. The van der Waals surface area contributed by atoms with Gasteiger partial charge in [-0.2, -0.15) is 0 Å². The molecule has 1 atom stereocenters. The largest absolute Gasteiger partial charge is 0.383 e. The number of hydrogen-bond donors (Lipinski definition) is 1. The number of likely N-dealkylation sites (tertiary alicyclic amines) is 1. The normalized spacial score (nSPS) is 18.7. The lowest BCUT2D eigenvalue weighted by Crippen LogP contribution is -2.41. The zero-order valence-electron chi connectivity index (χ0n) is 12.3. The number of benzene rings is 1. The fraction of sp³-hybridized carbons (Fsp3) is 0.600. The molecule has 1 unspecified atom stereocenters. The van der Waals surface area contributed by atoms with Gasteiger partial charge in [0.2, 0.25) is 0 Å². The van der Waals surface area contributed by atoms with Crippen LogP contribution < -0.4 is 5.32 Å². The van der Waals surface area contributed by atoms with Crippen LogP contribution in [-0.4, -0.2) is 45.2 Å². The van der Waals surface area contributed by atoms with Crippen molar-refractivity contribution in [3.63, 3.8) is 0 Å². The summed E-state index contributed by atoms with van der Waals surface area (Å²) in [5.74, 6) is 0. The average Bonchev–Trinajstić information content (AvgIpc) is 2.45. The summed E-state index contributed by atoms with van der Waals surface area (Å²) >= 11 is 0. The van der Waals surface area contributed by atoms with E-state index in [0.717, 1.165) is 12.2 Å². The van der Waals surface area contributed by atoms with E-state index in [1.165, 1.54) is 38.6 Å². The number of sulfone groups is 1. The summed E-state index contributed by atoms with van der Waals surface area (Å²) in [4.78, 5) is 2.88. The van der Waals surface area contributed by atoms with Crippen molar-refractivity contribution in [3.05, 3.63) is 24.3 Å². The smallest absolute Gasteiger partial charge is 0.175 e. The van der Waals surface area contributed by atoms with Crippen LogP contribution in [0.15, 0.2) is 29.2 Å². The van der Waals surface area contributed by atoms with Crippen molar-refractivity contribution in [3.8, 4) is 0 Å². The summed E-state index contributed by atoms with van der Waals surface area (Å²) in [5.41, 5.74) is 0.973. The lowest BCUT2D eigenvalue weighted by molar-refractivity contribution is 0.180. The zero-order chi connectivity index (χ0) is 14.6. The molecule has 1 N–H and O–H groups in total. The number of rotatable bonds is 5. The molecule has 0 saturated carbocycles. The van der Waals surface area contributed by atoms with E-state index >= 15 is 0 Å². The molecule has 0 aliphatic carbocycles. The summed E-state index contributed by atoms with van der Waals surface area (Å²) in [5, 5.41) is 3.38. The Morgan fingerprint density at radius 3 is 2.30 bits per heavy atom. The van der Waals surface area contributed by atoms with E-state index in [0.29, 0.717) is 10.9 Å². The highest BCUT2D eigenvalue weighted by molar-refractivity contribution is 7.90. The molecule has 1 heterocycles. The van der Waals surface area contributed by atoms with Crippen LogP contribution in [0, 0.1) is 0 Å². The molecule has 20 heavy (non-hydrogen) atoms. The number of anilines is 1. The van der Waals surface area contributed by atoms with Crippen LogP contribution in [0.25, 0.3) is 0 Å². The van der Waals surface area contributed by atoms with Crippen molar-refractivity contribution in [2.45, 2.75) is 37.1 Å². The number of nitrogens with zero attached hydrogens (tertiary/aromatic N) is 1. The molecule has 1 fully saturated rings. The summed E-state index contributed by atoms with van der Waals surface area (Å²) in [6, 6.07) is 7.48. The first-order chi connectivity index (χ1) is 9.47. The minimum Gasteiger partial charge on any atom is -0.383 e. The molecule has 4 nitrogen and oxygen atoms in total. The Hall–Kier alpha value is -1.07. The Balaban J connectivity index is 1.87. The monoisotopic (exact) mass is 296 g/mol. The van der Waals surface area contributed by atoms with Crippen LogP contribution in [0.4, 0.5) is 5.69 Å². The fourth-order valence-electron chi connectivity index (χ4n) is 2.57. The van der Waals surface area contributed by atoms with Gasteiger partial charge in [-0.1, -0.05) is 6.42 Å². The summed E-state index contributed by atoms with van der Waals surface area (Å²) in [7, 11) is -3.10. The van der Waals surface area contributed by atoms with Gasteiger partial charge in [-0.25, -0.2) is 8.42 Å². The molecule has 5 heteroatoms. The summed E-state index contributed by atoms with van der Waals surface area (Å²) < 4.78 is 22.8. The quantitative estimate of drug-likeness (QED) is 0.906. The molecular weight excluding hydrogens is 272 g/mol. The Morgan fingerprint density at radius 1 is 1.15 bits per heavy atom. The Morgan fingerprint density at radius 2 is 1.75 bits per heavy atom. The van der Waals surface area contributed by atoms with Gasteiger partial charge in [-0.05, 0) is 57.1 Å². The molecule has 0 bridgehead atoms. The molecule has 0 spiro atoms. The van der Waals surface area contributed by atoms with E-state index in [-0.39, 0.29) is 0 Å². The standard InChI is InChI=1S/C15H24N2O2S/c1-13(17-10-4-3-5-11-17)12-16-14-6-8-15(9-7-14)20(2,18)19/h6-9,13,16H,3-5,10-12H2,1-2H3. The first kappa shape index (κ1) is 15.3. The maximum atomic E-state index is 11.4. The highest BCUT2D eigenvalue weighted by Crippen LogP contribution is 2.15. The molecule has 1 aromatic rings. The zero-order valence-corrected chi connectivity index (χ0v) is 13.1. The molecule has 2 rings (SSSR count). The molecule has 1 aromatic carbocycles. The van der Waals surface area contributed by atoms with Gasteiger partial charge >= 0.3 is 0 Å². The fourth-order valence-corrected chi connectivity index (χ4v) is 3.20. The van der Waals surface area contributed by atoms with E-state index in [2.05, 4.69) is 17.1 Å². The van der Waals surface area contributed by atoms with E-state index in [9.17, 15) is 8.42 Å². The highest BCUT2D eigenvalue weighted by Gasteiger charge is 2.16. The average molecular weight is 296 g/mol. The summed E-state index contributed by atoms with van der Waals surface area (Å²) in [6.07, 6.45) is 5.18. The van der Waals surface area contributed by atoms with Gasteiger partial charge in [0.1, 0.15) is 0 Å². The third-order valence-electron chi connectivity index (χ3n) is 3.90. The summed E-state index contributed by atoms with van der Waals surface area (Å²) in [6.45, 7) is 5.51.